The SMILES string of the molecule is CN(c1nnccc1C(N)=S)C1CCC(C)(C)CC1. The van der Waals surface area contributed by atoms with Crippen molar-refractivity contribution in [2.75, 3.05) is 11.9 Å². The highest BCUT2D eigenvalue weighted by molar-refractivity contribution is 7.80. The van der Waals surface area contributed by atoms with Crippen LogP contribution in [0.5, 0.6) is 0 Å². The first-order valence-electron chi connectivity index (χ1n) is 6.75. The number of aromatic nitrogens is 2. The fraction of sp³-hybridized carbons (Fsp3) is 0.643. The van der Waals surface area contributed by atoms with E-state index in [0.717, 1.165) is 11.4 Å². The zero-order chi connectivity index (χ0) is 14.0. The molecule has 4 nitrogen and oxygen atoms in total. The van der Waals surface area contributed by atoms with Crippen LogP contribution >= 0.6 is 12.2 Å². The zero-order valence-electron chi connectivity index (χ0n) is 11.9. The molecule has 1 aliphatic carbocycles. The Morgan fingerprint density at radius 3 is 2.63 bits per heavy atom. The third kappa shape index (κ3) is 3.21. The maximum Gasteiger partial charge on any atom is 0.161 e. The molecule has 0 bridgehead atoms. The van der Waals surface area contributed by atoms with Gasteiger partial charge in [-0.25, -0.2) is 0 Å². The predicted molar refractivity (Wildman–Crippen MR) is 82.4 cm³/mol. The van der Waals surface area contributed by atoms with E-state index in [-0.39, 0.29) is 0 Å². The van der Waals surface area contributed by atoms with Crippen LogP contribution in [0.3, 0.4) is 0 Å². The summed E-state index contributed by atoms with van der Waals surface area (Å²) >= 11 is 5.09. The second-order valence-electron chi connectivity index (χ2n) is 6.14. The van der Waals surface area contributed by atoms with Crippen molar-refractivity contribution in [2.45, 2.75) is 45.6 Å². The Hall–Kier alpha value is -1.23. The number of hydrogen-bond donors (Lipinski definition) is 1. The van der Waals surface area contributed by atoms with E-state index < -0.39 is 0 Å². The van der Waals surface area contributed by atoms with Crippen molar-refractivity contribution < 1.29 is 0 Å². The van der Waals surface area contributed by atoms with Crippen molar-refractivity contribution in [2.24, 2.45) is 11.1 Å². The van der Waals surface area contributed by atoms with Gasteiger partial charge in [-0.1, -0.05) is 26.1 Å². The van der Waals surface area contributed by atoms with Gasteiger partial charge in [0.2, 0.25) is 0 Å². The third-order valence-corrected chi connectivity index (χ3v) is 4.38. The van der Waals surface area contributed by atoms with Gasteiger partial charge in [0.15, 0.2) is 5.82 Å². The number of nitrogens with zero attached hydrogens (tertiary/aromatic N) is 3. The molecule has 2 rings (SSSR count). The second-order valence-corrected chi connectivity index (χ2v) is 6.58. The molecule has 5 heteroatoms. The molecule has 1 aliphatic rings. The number of anilines is 1. The molecule has 0 atom stereocenters. The van der Waals surface area contributed by atoms with Gasteiger partial charge in [0, 0.05) is 13.1 Å². The Labute approximate surface area is 120 Å². The molecule has 0 amide bonds. The molecule has 2 N–H and O–H groups in total. The summed E-state index contributed by atoms with van der Waals surface area (Å²) in [6.07, 6.45) is 6.47. The van der Waals surface area contributed by atoms with E-state index in [4.69, 9.17) is 18.0 Å². The summed E-state index contributed by atoms with van der Waals surface area (Å²) in [5, 5.41) is 8.19. The summed E-state index contributed by atoms with van der Waals surface area (Å²) in [4.78, 5) is 2.57. The van der Waals surface area contributed by atoms with E-state index in [1.807, 2.05) is 6.07 Å². The first kappa shape index (κ1) is 14.2. The van der Waals surface area contributed by atoms with E-state index in [0.29, 0.717) is 16.4 Å². The van der Waals surface area contributed by atoms with Gasteiger partial charge in [-0.2, -0.15) is 5.10 Å². The first-order valence-corrected chi connectivity index (χ1v) is 7.16. The number of hydrogen-bond acceptors (Lipinski definition) is 4. The molecular weight excluding hydrogens is 256 g/mol. The van der Waals surface area contributed by atoms with Gasteiger partial charge in [-0.15, -0.1) is 5.10 Å². The van der Waals surface area contributed by atoms with Gasteiger partial charge < -0.3 is 10.6 Å². The molecule has 0 aromatic carbocycles. The lowest BCUT2D eigenvalue weighted by atomic mass is 9.75. The molecule has 0 spiro atoms. The highest BCUT2D eigenvalue weighted by atomic mass is 32.1. The molecule has 0 aliphatic heterocycles. The number of nitrogens with two attached hydrogens (primary N) is 1. The average Bonchev–Trinajstić information content (AvgIpc) is 2.38. The van der Waals surface area contributed by atoms with E-state index in [1.165, 1.54) is 25.7 Å². The molecule has 1 heterocycles. The van der Waals surface area contributed by atoms with Crippen molar-refractivity contribution in [3.05, 3.63) is 17.8 Å². The second kappa shape index (κ2) is 5.41. The van der Waals surface area contributed by atoms with Gasteiger partial charge in [0.25, 0.3) is 0 Å². The Bertz CT molecular complexity index is 462. The Morgan fingerprint density at radius 2 is 2.05 bits per heavy atom. The minimum atomic E-state index is 0.382. The molecule has 19 heavy (non-hydrogen) atoms. The van der Waals surface area contributed by atoms with E-state index in [9.17, 15) is 0 Å². The van der Waals surface area contributed by atoms with Crippen LogP contribution in [0.4, 0.5) is 5.82 Å². The summed E-state index contributed by atoms with van der Waals surface area (Å²) in [6, 6.07) is 2.34. The lowest BCUT2D eigenvalue weighted by molar-refractivity contribution is 0.222. The molecule has 0 unspecified atom stereocenters. The molecule has 1 saturated carbocycles. The fourth-order valence-corrected chi connectivity index (χ4v) is 2.88. The summed E-state index contributed by atoms with van der Waals surface area (Å²) < 4.78 is 0. The fourth-order valence-electron chi connectivity index (χ4n) is 2.72. The van der Waals surface area contributed by atoms with Crippen molar-refractivity contribution in [3.63, 3.8) is 0 Å². The molecule has 0 radical (unpaired) electrons. The Morgan fingerprint density at radius 1 is 1.42 bits per heavy atom. The first-order chi connectivity index (χ1) is 8.91. The summed E-state index contributed by atoms with van der Waals surface area (Å²) in [7, 11) is 2.06. The van der Waals surface area contributed by atoms with Crippen LogP contribution in [0.2, 0.25) is 0 Å². The zero-order valence-corrected chi connectivity index (χ0v) is 12.7. The summed E-state index contributed by atoms with van der Waals surface area (Å²) in [5.74, 6) is 0.805. The molecule has 0 saturated heterocycles. The van der Waals surface area contributed by atoms with Crippen LogP contribution in [0.15, 0.2) is 12.3 Å². The van der Waals surface area contributed by atoms with Crippen LogP contribution in [0, 0.1) is 5.41 Å². The minimum absolute atomic E-state index is 0.382. The van der Waals surface area contributed by atoms with Crippen LogP contribution in [-0.2, 0) is 0 Å². The van der Waals surface area contributed by atoms with Crippen LogP contribution in [0.25, 0.3) is 0 Å². The van der Waals surface area contributed by atoms with Gasteiger partial charge in [-0.05, 0) is 37.2 Å². The van der Waals surface area contributed by atoms with Crippen molar-refractivity contribution in [3.8, 4) is 0 Å². The van der Waals surface area contributed by atoms with Gasteiger partial charge in [0.1, 0.15) is 4.99 Å². The van der Waals surface area contributed by atoms with Crippen LogP contribution < -0.4 is 10.6 Å². The van der Waals surface area contributed by atoms with E-state index in [1.54, 1.807) is 6.20 Å². The lowest BCUT2D eigenvalue weighted by Gasteiger charge is -2.39. The van der Waals surface area contributed by atoms with Crippen molar-refractivity contribution in [1.82, 2.24) is 10.2 Å². The van der Waals surface area contributed by atoms with Gasteiger partial charge in [0.05, 0.1) is 11.8 Å². The highest BCUT2D eigenvalue weighted by Crippen LogP contribution is 2.37. The van der Waals surface area contributed by atoms with Gasteiger partial charge >= 0.3 is 0 Å². The highest BCUT2D eigenvalue weighted by Gasteiger charge is 2.30. The van der Waals surface area contributed by atoms with Crippen LogP contribution in [0.1, 0.15) is 45.1 Å². The molecule has 104 valence electrons. The molecule has 1 fully saturated rings. The molecular formula is C14H22N4S. The van der Waals surface area contributed by atoms with Gasteiger partial charge in [-0.3, -0.25) is 0 Å². The minimum Gasteiger partial charge on any atom is -0.389 e. The Balaban J connectivity index is 2.17. The smallest absolute Gasteiger partial charge is 0.161 e. The molecule has 1 aromatic rings. The maximum absolute atomic E-state index is 5.76. The maximum atomic E-state index is 5.76. The summed E-state index contributed by atoms with van der Waals surface area (Å²) in [5.41, 5.74) is 7.04. The largest absolute Gasteiger partial charge is 0.389 e. The number of rotatable bonds is 3. The van der Waals surface area contributed by atoms with Crippen molar-refractivity contribution in [1.29, 1.82) is 0 Å². The van der Waals surface area contributed by atoms with E-state index >= 15 is 0 Å². The van der Waals surface area contributed by atoms with Crippen molar-refractivity contribution >= 4 is 23.0 Å². The standard InChI is InChI=1S/C14H22N4S/c1-14(2)7-4-10(5-8-14)18(3)13-11(12(15)19)6-9-16-17-13/h6,9-10H,4-5,7-8H2,1-3H3,(H2,15,19). The predicted octanol–water partition coefficient (Wildman–Crippen LogP) is 2.52. The topological polar surface area (TPSA) is 55.0 Å². The van der Waals surface area contributed by atoms with Crippen LogP contribution in [-0.4, -0.2) is 28.3 Å². The monoisotopic (exact) mass is 278 g/mol. The Kier molecular flexibility index (Phi) is 4.04. The normalized spacial score (nSPS) is 19.1. The third-order valence-electron chi connectivity index (χ3n) is 4.16. The van der Waals surface area contributed by atoms with E-state index in [2.05, 4.69) is 36.0 Å². The molecule has 1 aromatic heterocycles. The summed E-state index contributed by atoms with van der Waals surface area (Å²) in [6.45, 7) is 4.68. The number of thiocarbonyl (C=S) groups is 1. The average molecular weight is 278 g/mol. The lowest BCUT2D eigenvalue weighted by Crippen LogP contribution is -2.38. The quantitative estimate of drug-likeness (QED) is 0.861.